The van der Waals surface area contributed by atoms with E-state index in [2.05, 4.69) is 10.2 Å². The van der Waals surface area contributed by atoms with E-state index in [0.717, 1.165) is 39.0 Å². The number of hydrogen-bond acceptors (Lipinski definition) is 7. The smallest absolute Gasteiger partial charge is 0.341 e. The van der Waals surface area contributed by atoms with Gasteiger partial charge in [0.25, 0.3) is 10.0 Å². The van der Waals surface area contributed by atoms with Crippen molar-refractivity contribution >= 4 is 43.9 Å². The largest absolute Gasteiger partial charge is 0.465 e. The molecule has 2 aromatic carbocycles. The number of ether oxygens (including phenoxy) is 1. The fraction of sp³-hybridized carbons (Fsp3) is 0.280. The fourth-order valence-electron chi connectivity index (χ4n) is 3.99. The van der Waals surface area contributed by atoms with Gasteiger partial charge in [-0.1, -0.05) is 17.7 Å². The van der Waals surface area contributed by atoms with Crippen LogP contribution >= 0.6 is 11.3 Å². The summed E-state index contributed by atoms with van der Waals surface area (Å²) in [6.45, 7) is 2.64. The number of sulfonamides is 1. The zero-order chi connectivity index (χ0) is 26.0. The van der Waals surface area contributed by atoms with Crippen molar-refractivity contribution in [2.75, 3.05) is 36.9 Å². The number of hydrogen-bond donors (Lipinski definition) is 1. The van der Waals surface area contributed by atoms with Crippen LogP contribution in [0.4, 0.5) is 15.1 Å². The van der Waals surface area contributed by atoms with Gasteiger partial charge in [-0.3, -0.25) is 9.10 Å². The standard InChI is InChI=1S/C25H26FN3O5S2/c1-16-4-10-19(11-5-16)36(32,33)29(18-8-6-17(26)7-9-18)15-22(30)27-24-23(25(31)34-3)20-12-13-28(2)14-21(20)35-24/h4-11H,12-15H2,1-3H3,(H,27,30). The van der Waals surface area contributed by atoms with Gasteiger partial charge in [-0.05, 0) is 62.4 Å². The summed E-state index contributed by atoms with van der Waals surface area (Å²) < 4.78 is 46.5. The second-order valence-corrected chi connectivity index (χ2v) is 11.5. The number of carbonyl (C=O) groups excluding carboxylic acids is 2. The topological polar surface area (TPSA) is 96.0 Å². The molecule has 1 aliphatic rings. The van der Waals surface area contributed by atoms with Crippen LogP contribution < -0.4 is 9.62 Å². The first-order valence-electron chi connectivity index (χ1n) is 11.2. The molecule has 0 spiro atoms. The average molecular weight is 532 g/mol. The second kappa shape index (κ2) is 10.4. The number of halogens is 1. The Morgan fingerprint density at radius 3 is 2.44 bits per heavy atom. The minimum absolute atomic E-state index is 0.00454. The Labute approximate surface area is 213 Å². The van der Waals surface area contributed by atoms with E-state index in [1.54, 1.807) is 12.1 Å². The number of rotatable bonds is 7. The fourth-order valence-corrected chi connectivity index (χ4v) is 6.75. The number of esters is 1. The molecule has 2 heterocycles. The lowest BCUT2D eigenvalue weighted by atomic mass is 10.0. The molecule has 3 aromatic rings. The maximum Gasteiger partial charge on any atom is 0.341 e. The number of anilines is 2. The minimum atomic E-state index is -4.16. The highest BCUT2D eigenvalue weighted by molar-refractivity contribution is 7.92. The number of likely N-dealkylation sites (N-methyl/N-ethyl adjacent to an activating group) is 1. The van der Waals surface area contributed by atoms with Gasteiger partial charge in [0.15, 0.2) is 0 Å². The van der Waals surface area contributed by atoms with Gasteiger partial charge < -0.3 is 15.0 Å². The van der Waals surface area contributed by atoms with Gasteiger partial charge in [0, 0.05) is 18.0 Å². The molecule has 0 radical (unpaired) electrons. The molecule has 1 aromatic heterocycles. The number of fused-ring (bicyclic) bond motifs is 1. The number of aryl methyl sites for hydroxylation is 1. The monoisotopic (exact) mass is 531 g/mol. The van der Waals surface area contributed by atoms with Crippen LogP contribution in [-0.4, -0.2) is 52.4 Å². The van der Waals surface area contributed by atoms with E-state index in [9.17, 15) is 22.4 Å². The van der Waals surface area contributed by atoms with Crippen LogP contribution in [0, 0.1) is 12.7 Å². The number of carbonyl (C=O) groups is 2. The molecular formula is C25H26FN3O5S2. The Kier molecular flexibility index (Phi) is 7.43. The lowest BCUT2D eigenvalue weighted by molar-refractivity contribution is -0.114. The molecule has 190 valence electrons. The van der Waals surface area contributed by atoms with E-state index in [1.165, 1.54) is 42.7 Å². The van der Waals surface area contributed by atoms with E-state index in [0.29, 0.717) is 23.5 Å². The Morgan fingerprint density at radius 2 is 1.81 bits per heavy atom. The zero-order valence-electron chi connectivity index (χ0n) is 20.1. The normalized spacial score (nSPS) is 13.7. The average Bonchev–Trinajstić information content (AvgIpc) is 3.19. The molecule has 0 aliphatic carbocycles. The third-order valence-corrected chi connectivity index (χ3v) is 8.82. The minimum Gasteiger partial charge on any atom is -0.465 e. The van der Waals surface area contributed by atoms with E-state index in [1.807, 2.05) is 14.0 Å². The van der Waals surface area contributed by atoms with Crippen molar-refractivity contribution in [3.05, 3.63) is 75.9 Å². The van der Waals surface area contributed by atoms with Gasteiger partial charge in [-0.15, -0.1) is 11.3 Å². The highest BCUT2D eigenvalue weighted by Crippen LogP contribution is 2.37. The van der Waals surface area contributed by atoms with E-state index >= 15 is 0 Å². The molecule has 36 heavy (non-hydrogen) atoms. The zero-order valence-corrected chi connectivity index (χ0v) is 21.7. The van der Waals surface area contributed by atoms with Crippen molar-refractivity contribution in [1.82, 2.24) is 4.90 Å². The predicted molar refractivity (Wildman–Crippen MR) is 136 cm³/mol. The lowest BCUT2D eigenvalue weighted by Crippen LogP contribution is -2.38. The predicted octanol–water partition coefficient (Wildman–Crippen LogP) is 3.80. The molecule has 4 rings (SSSR count). The number of thiophene rings is 1. The van der Waals surface area contributed by atoms with Crippen LogP contribution in [-0.2, 0) is 32.5 Å². The first-order valence-corrected chi connectivity index (χ1v) is 13.4. The molecule has 11 heteroatoms. The number of amides is 1. The van der Waals surface area contributed by atoms with Gasteiger partial charge in [0.05, 0.1) is 23.3 Å². The molecule has 0 unspecified atom stereocenters. The van der Waals surface area contributed by atoms with E-state index < -0.39 is 34.3 Å². The van der Waals surface area contributed by atoms with Crippen LogP contribution in [0.25, 0.3) is 0 Å². The van der Waals surface area contributed by atoms with Crippen LogP contribution in [0.2, 0.25) is 0 Å². The van der Waals surface area contributed by atoms with Crippen LogP contribution in [0.1, 0.15) is 26.4 Å². The highest BCUT2D eigenvalue weighted by Gasteiger charge is 2.31. The first kappa shape index (κ1) is 25.8. The maximum absolute atomic E-state index is 13.6. The van der Waals surface area contributed by atoms with Gasteiger partial charge in [-0.2, -0.15) is 0 Å². The van der Waals surface area contributed by atoms with Crippen molar-refractivity contribution in [3.8, 4) is 0 Å². The van der Waals surface area contributed by atoms with E-state index in [-0.39, 0.29) is 10.6 Å². The molecule has 8 nitrogen and oxygen atoms in total. The summed E-state index contributed by atoms with van der Waals surface area (Å²) in [6, 6.07) is 11.1. The molecule has 0 saturated heterocycles. The SMILES string of the molecule is COC(=O)c1c(NC(=O)CN(c2ccc(F)cc2)S(=O)(=O)c2ccc(C)cc2)sc2c1CCN(C)C2. The summed E-state index contributed by atoms with van der Waals surface area (Å²) in [5.74, 6) is -1.74. The van der Waals surface area contributed by atoms with Crippen molar-refractivity contribution in [2.45, 2.75) is 24.8 Å². The molecule has 1 amide bonds. The van der Waals surface area contributed by atoms with Crippen LogP contribution in [0.15, 0.2) is 53.4 Å². The molecule has 1 aliphatic heterocycles. The summed E-state index contributed by atoms with van der Waals surface area (Å²) >= 11 is 1.28. The molecule has 0 atom stereocenters. The Balaban J connectivity index is 1.67. The summed E-state index contributed by atoms with van der Waals surface area (Å²) in [7, 11) is -0.914. The van der Waals surface area contributed by atoms with Gasteiger partial charge in [0.1, 0.15) is 17.4 Å². The van der Waals surface area contributed by atoms with Crippen LogP contribution in [0.3, 0.4) is 0 Å². The third-order valence-electron chi connectivity index (χ3n) is 5.90. The summed E-state index contributed by atoms with van der Waals surface area (Å²) in [6.07, 6.45) is 0.631. The Hall–Kier alpha value is -3.28. The van der Waals surface area contributed by atoms with Crippen molar-refractivity contribution in [3.63, 3.8) is 0 Å². The molecule has 0 bridgehead atoms. The second-order valence-electron chi connectivity index (χ2n) is 8.54. The molecule has 0 saturated carbocycles. The van der Waals surface area contributed by atoms with Gasteiger partial charge >= 0.3 is 5.97 Å². The Bertz CT molecular complexity index is 1390. The maximum atomic E-state index is 13.6. The number of nitrogens with one attached hydrogen (secondary N) is 1. The van der Waals surface area contributed by atoms with Crippen molar-refractivity contribution < 1.29 is 27.1 Å². The summed E-state index contributed by atoms with van der Waals surface area (Å²) in [5.41, 5.74) is 2.15. The van der Waals surface area contributed by atoms with Gasteiger partial charge in [-0.25, -0.2) is 17.6 Å². The molecule has 1 N–H and O–H groups in total. The van der Waals surface area contributed by atoms with Crippen molar-refractivity contribution in [2.24, 2.45) is 0 Å². The number of nitrogens with zero attached hydrogens (tertiary/aromatic N) is 2. The third kappa shape index (κ3) is 5.28. The summed E-state index contributed by atoms with van der Waals surface area (Å²) in [4.78, 5) is 28.8. The summed E-state index contributed by atoms with van der Waals surface area (Å²) in [5, 5.41) is 3.04. The Morgan fingerprint density at radius 1 is 1.14 bits per heavy atom. The first-order chi connectivity index (χ1) is 17.1. The van der Waals surface area contributed by atoms with Crippen molar-refractivity contribution in [1.29, 1.82) is 0 Å². The number of benzene rings is 2. The van der Waals surface area contributed by atoms with E-state index in [4.69, 9.17) is 4.74 Å². The molecule has 0 fully saturated rings. The quantitative estimate of drug-likeness (QED) is 0.466. The lowest BCUT2D eigenvalue weighted by Gasteiger charge is -2.24. The van der Waals surface area contributed by atoms with Gasteiger partial charge in [0.2, 0.25) is 5.91 Å². The number of methoxy groups -OCH3 is 1. The molecular weight excluding hydrogens is 505 g/mol. The van der Waals surface area contributed by atoms with Crippen LogP contribution in [0.5, 0.6) is 0 Å². The highest BCUT2D eigenvalue weighted by atomic mass is 32.2.